The van der Waals surface area contributed by atoms with E-state index in [0.717, 1.165) is 48.5 Å². The molecule has 6 heteroatoms. The second kappa shape index (κ2) is 7.98. The van der Waals surface area contributed by atoms with Gasteiger partial charge in [0.1, 0.15) is 5.82 Å². The van der Waals surface area contributed by atoms with Crippen LogP contribution in [-0.2, 0) is 6.42 Å². The minimum absolute atomic E-state index is 0.175. The van der Waals surface area contributed by atoms with Gasteiger partial charge in [-0.25, -0.2) is 4.39 Å². The summed E-state index contributed by atoms with van der Waals surface area (Å²) >= 11 is 5.29. The highest BCUT2D eigenvalue weighted by Crippen LogP contribution is 2.44. The third-order valence-electron chi connectivity index (χ3n) is 5.26. The number of nitrogens with zero attached hydrogens (tertiary/aromatic N) is 2. The zero-order chi connectivity index (χ0) is 18.1. The summed E-state index contributed by atoms with van der Waals surface area (Å²) in [5.74, 6) is -0.175. The summed E-state index contributed by atoms with van der Waals surface area (Å²) < 4.78 is 14.9. The van der Waals surface area contributed by atoms with Crippen LogP contribution in [0.15, 0.2) is 50.7 Å². The number of hydrogen-bond acceptors (Lipinski definition) is 4. The average molecular weight is 437 g/mol. The number of aliphatic hydroxyl groups is 1. The zero-order valence-corrected chi connectivity index (χ0v) is 16.9. The second-order valence-corrected chi connectivity index (χ2v) is 8.86. The molecule has 0 bridgehead atoms. The van der Waals surface area contributed by atoms with Crippen molar-refractivity contribution < 1.29 is 9.50 Å². The van der Waals surface area contributed by atoms with Gasteiger partial charge in [0.25, 0.3) is 0 Å². The first kappa shape index (κ1) is 18.4. The second-order valence-electron chi connectivity index (χ2n) is 6.86. The number of fused-ring (bicyclic) bond motifs is 2. The van der Waals surface area contributed by atoms with Crippen molar-refractivity contribution in [3.63, 3.8) is 0 Å². The van der Waals surface area contributed by atoms with E-state index in [0.29, 0.717) is 0 Å². The number of β-amino-alcohol motifs (C(OH)–C–C–N with tert-alkyl or cyclic N) is 1. The normalized spacial score (nSPS) is 21.1. The van der Waals surface area contributed by atoms with Crippen LogP contribution in [0.2, 0.25) is 0 Å². The predicted molar refractivity (Wildman–Crippen MR) is 106 cm³/mol. The first-order valence-electron chi connectivity index (χ1n) is 8.97. The molecule has 1 unspecified atom stereocenters. The fourth-order valence-corrected chi connectivity index (χ4v) is 5.39. The molecule has 3 nitrogen and oxygen atoms in total. The Bertz CT molecular complexity index is 795. The van der Waals surface area contributed by atoms with E-state index in [1.54, 1.807) is 23.9 Å². The number of hydrogen-bond donors (Lipinski definition) is 1. The highest BCUT2D eigenvalue weighted by atomic mass is 79.9. The van der Waals surface area contributed by atoms with Gasteiger partial charge in [0, 0.05) is 53.0 Å². The van der Waals surface area contributed by atoms with E-state index >= 15 is 0 Å². The molecule has 0 aliphatic carbocycles. The van der Waals surface area contributed by atoms with Gasteiger partial charge < -0.3 is 5.11 Å². The number of aliphatic hydroxyl groups excluding tert-OH is 1. The summed E-state index contributed by atoms with van der Waals surface area (Å²) in [4.78, 5) is 7.08. The van der Waals surface area contributed by atoms with Gasteiger partial charge in [-0.15, -0.1) is 0 Å². The van der Waals surface area contributed by atoms with Crippen molar-refractivity contribution >= 4 is 27.7 Å². The summed E-state index contributed by atoms with van der Waals surface area (Å²) in [7, 11) is 0. The third-order valence-corrected chi connectivity index (χ3v) is 6.94. The molecule has 0 spiro atoms. The Balaban J connectivity index is 1.67. The molecule has 2 aromatic carbocycles. The van der Waals surface area contributed by atoms with Crippen LogP contribution in [0, 0.1) is 5.82 Å². The van der Waals surface area contributed by atoms with Crippen LogP contribution in [0.3, 0.4) is 0 Å². The first-order chi connectivity index (χ1) is 12.6. The zero-order valence-electron chi connectivity index (χ0n) is 14.5. The van der Waals surface area contributed by atoms with Crippen molar-refractivity contribution in [2.75, 3.05) is 39.3 Å². The van der Waals surface area contributed by atoms with Crippen molar-refractivity contribution in [1.29, 1.82) is 0 Å². The van der Waals surface area contributed by atoms with Crippen molar-refractivity contribution in [2.24, 2.45) is 0 Å². The van der Waals surface area contributed by atoms with Crippen LogP contribution in [-0.4, -0.2) is 54.2 Å². The quantitative estimate of drug-likeness (QED) is 0.787. The largest absolute Gasteiger partial charge is 0.395 e. The summed E-state index contributed by atoms with van der Waals surface area (Å²) in [6.07, 6.45) is 0.895. The van der Waals surface area contributed by atoms with Gasteiger partial charge in [0.05, 0.1) is 6.61 Å². The lowest BCUT2D eigenvalue weighted by Gasteiger charge is -2.39. The Morgan fingerprint density at radius 3 is 2.65 bits per heavy atom. The number of benzene rings is 2. The summed E-state index contributed by atoms with van der Waals surface area (Å²) in [5, 5.41) is 9.17. The maximum absolute atomic E-state index is 13.8. The van der Waals surface area contributed by atoms with Crippen molar-refractivity contribution in [3.8, 4) is 0 Å². The Labute approximate surface area is 166 Å². The van der Waals surface area contributed by atoms with Crippen molar-refractivity contribution in [1.82, 2.24) is 9.80 Å². The van der Waals surface area contributed by atoms with Gasteiger partial charge in [-0.05, 0) is 47.9 Å². The first-order valence-corrected chi connectivity index (χ1v) is 10.6. The molecule has 1 saturated heterocycles. The molecular formula is C20H22BrFN2OS. The fourth-order valence-electron chi connectivity index (χ4n) is 3.87. The van der Waals surface area contributed by atoms with Crippen LogP contribution >= 0.6 is 27.7 Å². The monoisotopic (exact) mass is 436 g/mol. The summed E-state index contributed by atoms with van der Waals surface area (Å²) in [6.45, 7) is 4.89. The topological polar surface area (TPSA) is 26.7 Å². The number of piperazine rings is 1. The lowest BCUT2D eigenvalue weighted by atomic mass is 9.96. The van der Waals surface area contributed by atoms with Gasteiger partial charge in [-0.3, -0.25) is 9.80 Å². The van der Waals surface area contributed by atoms with Crippen LogP contribution in [0.1, 0.15) is 17.2 Å². The molecule has 2 aliphatic heterocycles. The molecule has 1 N–H and O–H groups in total. The molecule has 0 amide bonds. The smallest absolute Gasteiger partial charge is 0.124 e. The predicted octanol–water partition coefficient (Wildman–Crippen LogP) is 3.95. The Kier molecular flexibility index (Phi) is 5.66. The molecule has 0 aromatic heterocycles. The van der Waals surface area contributed by atoms with Gasteiger partial charge in [-0.1, -0.05) is 33.8 Å². The lowest BCUT2D eigenvalue weighted by Crippen LogP contribution is -2.48. The van der Waals surface area contributed by atoms with Gasteiger partial charge in [0.15, 0.2) is 0 Å². The molecule has 1 atom stereocenters. The van der Waals surface area contributed by atoms with Crippen LogP contribution in [0.25, 0.3) is 0 Å². The summed E-state index contributed by atoms with van der Waals surface area (Å²) in [6, 6.07) is 11.9. The fraction of sp³-hybridized carbons (Fsp3) is 0.400. The van der Waals surface area contributed by atoms with Gasteiger partial charge >= 0.3 is 0 Å². The SMILES string of the molecule is OCCN1CCN(C2Cc3ccc(F)cc3Sc3ccc(Br)cc32)CC1. The molecule has 4 rings (SSSR count). The standard InChI is InChI=1S/C20H22BrFN2OS/c21-15-2-4-19-17(12-15)18(24-7-5-23(6-8-24)9-10-25)11-14-1-3-16(22)13-20(14)26-19/h1-4,12-13,18,25H,5-11H2. The molecule has 1 fully saturated rings. The molecule has 2 aliphatic rings. The van der Waals surface area contributed by atoms with Crippen LogP contribution in [0.4, 0.5) is 4.39 Å². The van der Waals surface area contributed by atoms with Gasteiger partial charge in [-0.2, -0.15) is 0 Å². The number of halogens is 2. The minimum atomic E-state index is -0.175. The molecule has 26 heavy (non-hydrogen) atoms. The Hall–Kier alpha value is -0.920. The van der Waals surface area contributed by atoms with E-state index in [-0.39, 0.29) is 18.5 Å². The van der Waals surface area contributed by atoms with E-state index in [2.05, 4.69) is 43.9 Å². The van der Waals surface area contributed by atoms with Crippen molar-refractivity contribution in [3.05, 3.63) is 57.8 Å². The van der Waals surface area contributed by atoms with E-state index in [9.17, 15) is 4.39 Å². The molecular weight excluding hydrogens is 415 g/mol. The Morgan fingerprint density at radius 1 is 1.08 bits per heavy atom. The van der Waals surface area contributed by atoms with E-state index < -0.39 is 0 Å². The number of rotatable bonds is 3. The molecule has 0 saturated carbocycles. The Morgan fingerprint density at radius 2 is 1.88 bits per heavy atom. The average Bonchev–Trinajstić information content (AvgIpc) is 2.79. The molecule has 2 heterocycles. The molecule has 2 aromatic rings. The maximum atomic E-state index is 13.8. The maximum Gasteiger partial charge on any atom is 0.124 e. The summed E-state index contributed by atoms with van der Waals surface area (Å²) in [5.41, 5.74) is 2.53. The third kappa shape index (κ3) is 3.85. The van der Waals surface area contributed by atoms with Gasteiger partial charge in [0.2, 0.25) is 0 Å². The van der Waals surface area contributed by atoms with Crippen LogP contribution < -0.4 is 0 Å². The highest BCUT2D eigenvalue weighted by molar-refractivity contribution is 9.10. The van der Waals surface area contributed by atoms with E-state index in [1.807, 2.05) is 6.07 Å². The van der Waals surface area contributed by atoms with E-state index in [4.69, 9.17) is 5.11 Å². The highest BCUT2D eigenvalue weighted by Gasteiger charge is 2.30. The van der Waals surface area contributed by atoms with E-state index in [1.165, 1.54) is 16.0 Å². The van der Waals surface area contributed by atoms with Crippen LogP contribution in [0.5, 0.6) is 0 Å². The molecule has 0 radical (unpaired) electrons. The molecule has 138 valence electrons. The van der Waals surface area contributed by atoms with Crippen molar-refractivity contribution in [2.45, 2.75) is 22.3 Å². The minimum Gasteiger partial charge on any atom is -0.395 e. The lowest BCUT2D eigenvalue weighted by molar-refractivity contribution is 0.0823.